The highest BCUT2D eigenvalue weighted by molar-refractivity contribution is 7.84. The summed E-state index contributed by atoms with van der Waals surface area (Å²) in [4.78, 5) is 0. The lowest BCUT2D eigenvalue weighted by Crippen LogP contribution is -2.36. The summed E-state index contributed by atoms with van der Waals surface area (Å²) in [5.74, 6) is 0. The van der Waals surface area contributed by atoms with Crippen LogP contribution < -0.4 is 0 Å². The van der Waals surface area contributed by atoms with Gasteiger partial charge < -0.3 is 0 Å². The van der Waals surface area contributed by atoms with Gasteiger partial charge in [-0.05, 0) is 63.9 Å². The molecule has 1 aromatic carbocycles. The number of rotatable bonds is 4. The number of benzene rings is 1. The van der Waals surface area contributed by atoms with Crippen LogP contribution in [0, 0.1) is 0 Å². The van der Waals surface area contributed by atoms with Crippen LogP contribution >= 0.6 is 0 Å². The Morgan fingerprint density at radius 1 is 1.22 bits per heavy atom. The number of allylic oxidation sites excluding steroid dienone is 1. The minimum Gasteiger partial charge on any atom is -0.242 e. The smallest absolute Gasteiger partial charge is 0.242 e. The van der Waals surface area contributed by atoms with E-state index in [1.54, 1.807) is 31.3 Å². The second-order valence-corrected chi connectivity index (χ2v) is 9.00. The Morgan fingerprint density at radius 3 is 2.13 bits per heavy atom. The van der Waals surface area contributed by atoms with Gasteiger partial charge in [0.25, 0.3) is 0 Å². The summed E-state index contributed by atoms with van der Waals surface area (Å²) < 4.78 is 52.9. The summed E-state index contributed by atoms with van der Waals surface area (Å²) in [6, 6.07) is 3.47. The van der Waals surface area contributed by atoms with Crippen molar-refractivity contribution in [1.29, 1.82) is 0 Å². The fraction of sp³-hybridized carbons (Fsp3) is 0.529. The molecule has 0 fully saturated rings. The molecule has 0 spiro atoms. The van der Waals surface area contributed by atoms with Gasteiger partial charge in [0.05, 0.1) is 21.3 Å². The van der Waals surface area contributed by atoms with Crippen molar-refractivity contribution >= 4 is 16.6 Å². The molecule has 0 aliphatic rings. The maximum atomic E-state index is 13.1. The van der Waals surface area contributed by atoms with Crippen LogP contribution in [0.5, 0.6) is 0 Å². The molecule has 0 saturated heterocycles. The zero-order valence-electron chi connectivity index (χ0n) is 14.4. The second kappa shape index (κ2) is 6.77. The molecule has 2 nitrogen and oxygen atoms in total. The molecule has 0 heterocycles. The van der Waals surface area contributed by atoms with Crippen molar-refractivity contribution in [2.24, 2.45) is 0 Å². The Kier molecular flexibility index (Phi) is 5.86. The number of halogens is 3. The van der Waals surface area contributed by atoms with Gasteiger partial charge in [-0.2, -0.15) is 13.2 Å². The normalized spacial score (nSPS) is 15.6. The van der Waals surface area contributed by atoms with E-state index < -0.39 is 33.5 Å². The molecule has 2 atom stereocenters. The predicted octanol–water partition coefficient (Wildman–Crippen LogP) is 5.19. The third-order valence-electron chi connectivity index (χ3n) is 3.59. The minimum atomic E-state index is -4.43. The molecule has 2 unspecified atom stereocenters. The van der Waals surface area contributed by atoms with Gasteiger partial charge in [0.15, 0.2) is 0 Å². The molecule has 0 saturated carbocycles. The molecule has 6 heteroatoms. The first kappa shape index (κ1) is 19.9. The quantitative estimate of drug-likeness (QED) is 0.734. The third-order valence-corrected chi connectivity index (χ3v) is 5.48. The maximum Gasteiger partial charge on any atom is 0.416 e. The van der Waals surface area contributed by atoms with Crippen molar-refractivity contribution in [3.8, 4) is 0 Å². The van der Waals surface area contributed by atoms with E-state index in [-0.39, 0.29) is 0 Å². The van der Waals surface area contributed by atoms with E-state index in [0.717, 1.165) is 12.1 Å². The number of hydrogen-bond acceptors (Lipinski definition) is 1. The highest BCUT2D eigenvalue weighted by Gasteiger charge is 2.33. The van der Waals surface area contributed by atoms with Crippen molar-refractivity contribution in [2.75, 3.05) is 7.05 Å². The molecular formula is C17H24F3NOS. The molecule has 0 bridgehead atoms. The molecule has 0 aliphatic heterocycles. The number of hydrogen-bond donors (Lipinski definition) is 0. The van der Waals surface area contributed by atoms with Crippen molar-refractivity contribution in [1.82, 2.24) is 4.31 Å². The Morgan fingerprint density at radius 2 is 1.74 bits per heavy atom. The van der Waals surface area contributed by atoms with Gasteiger partial charge >= 0.3 is 6.18 Å². The molecule has 0 aromatic heterocycles. The number of alkyl halides is 3. The zero-order chi connectivity index (χ0) is 18.2. The lowest BCUT2D eigenvalue weighted by atomic mass is 9.98. The van der Waals surface area contributed by atoms with Gasteiger partial charge in [-0.15, -0.1) is 0 Å². The Hall–Kier alpha value is -1.14. The van der Waals surface area contributed by atoms with E-state index in [2.05, 4.69) is 6.58 Å². The van der Waals surface area contributed by atoms with E-state index in [0.29, 0.717) is 16.7 Å². The van der Waals surface area contributed by atoms with E-state index in [1.807, 2.05) is 20.8 Å². The molecule has 23 heavy (non-hydrogen) atoms. The SMILES string of the molecule is C=C(C)c1cc(C(C)N(C)S(=O)C(C)(C)C)cc(C(F)(F)F)c1. The Labute approximate surface area is 139 Å². The zero-order valence-corrected chi connectivity index (χ0v) is 15.2. The monoisotopic (exact) mass is 347 g/mol. The summed E-state index contributed by atoms with van der Waals surface area (Å²) in [7, 11) is 0.331. The molecule has 1 aromatic rings. The van der Waals surface area contributed by atoms with Crippen LogP contribution in [-0.2, 0) is 17.2 Å². The van der Waals surface area contributed by atoms with Crippen LogP contribution in [0.1, 0.15) is 57.4 Å². The van der Waals surface area contributed by atoms with E-state index >= 15 is 0 Å². The van der Waals surface area contributed by atoms with Crippen molar-refractivity contribution < 1.29 is 17.4 Å². The third kappa shape index (κ3) is 4.91. The van der Waals surface area contributed by atoms with Crippen LogP contribution in [0.3, 0.4) is 0 Å². The molecule has 0 radical (unpaired) electrons. The van der Waals surface area contributed by atoms with Crippen LogP contribution in [0.15, 0.2) is 24.8 Å². The lowest BCUT2D eigenvalue weighted by molar-refractivity contribution is -0.137. The first-order valence-electron chi connectivity index (χ1n) is 7.28. The topological polar surface area (TPSA) is 20.3 Å². The van der Waals surface area contributed by atoms with E-state index in [9.17, 15) is 17.4 Å². The molecule has 0 aliphatic carbocycles. The fourth-order valence-electron chi connectivity index (χ4n) is 2.09. The van der Waals surface area contributed by atoms with Crippen molar-refractivity contribution in [2.45, 2.75) is 51.6 Å². The lowest BCUT2D eigenvalue weighted by Gasteiger charge is -2.31. The van der Waals surface area contributed by atoms with Crippen molar-refractivity contribution in [3.05, 3.63) is 41.5 Å². The summed E-state index contributed by atoms with van der Waals surface area (Å²) in [6.07, 6.45) is -4.43. The largest absolute Gasteiger partial charge is 0.416 e. The number of nitrogens with zero attached hydrogens (tertiary/aromatic N) is 1. The van der Waals surface area contributed by atoms with Crippen LogP contribution in [0.4, 0.5) is 13.2 Å². The molecule has 130 valence electrons. The van der Waals surface area contributed by atoms with Gasteiger partial charge in [0.1, 0.15) is 0 Å². The standard InChI is InChI=1S/C17H24F3NOS/c1-11(2)13-8-14(10-15(9-13)17(18,19)20)12(3)21(7)23(22)16(4,5)6/h8-10,12H,1H2,2-7H3. The Bertz CT molecular complexity index is 617. The van der Waals surface area contributed by atoms with Gasteiger partial charge in [0, 0.05) is 13.1 Å². The minimum absolute atomic E-state index is 0.421. The van der Waals surface area contributed by atoms with E-state index in [4.69, 9.17) is 0 Å². The summed E-state index contributed by atoms with van der Waals surface area (Å²) >= 11 is 0. The van der Waals surface area contributed by atoms with Gasteiger partial charge in [-0.3, -0.25) is 0 Å². The summed E-state index contributed by atoms with van der Waals surface area (Å²) in [5.41, 5.74) is 0.758. The predicted molar refractivity (Wildman–Crippen MR) is 90.2 cm³/mol. The maximum absolute atomic E-state index is 13.1. The van der Waals surface area contributed by atoms with Gasteiger partial charge in [-0.1, -0.05) is 12.2 Å². The summed E-state index contributed by atoms with van der Waals surface area (Å²) in [5, 5.41) is 0. The average Bonchev–Trinajstić information content (AvgIpc) is 2.42. The van der Waals surface area contributed by atoms with E-state index in [1.165, 1.54) is 0 Å². The first-order chi connectivity index (χ1) is 10.2. The van der Waals surface area contributed by atoms with Crippen LogP contribution in [0.25, 0.3) is 5.57 Å². The highest BCUT2D eigenvalue weighted by Crippen LogP contribution is 2.35. The fourth-order valence-corrected chi connectivity index (χ4v) is 3.36. The van der Waals surface area contributed by atoms with Gasteiger partial charge in [0.2, 0.25) is 0 Å². The van der Waals surface area contributed by atoms with Crippen LogP contribution in [-0.4, -0.2) is 20.3 Å². The first-order valence-corrected chi connectivity index (χ1v) is 8.38. The Balaban J connectivity index is 3.33. The highest BCUT2D eigenvalue weighted by atomic mass is 32.2. The van der Waals surface area contributed by atoms with Gasteiger partial charge in [-0.25, -0.2) is 8.51 Å². The second-order valence-electron chi connectivity index (χ2n) is 6.71. The van der Waals surface area contributed by atoms with Crippen molar-refractivity contribution in [3.63, 3.8) is 0 Å². The van der Waals surface area contributed by atoms with Crippen LogP contribution in [0.2, 0.25) is 0 Å². The average molecular weight is 347 g/mol. The molecule has 0 N–H and O–H groups in total. The molecule has 1 rings (SSSR count). The molecular weight excluding hydrogens is 323 g/mol. The molecule has 0 amide bonds. The summed E-state index contributed by atoms with van der Waals surface area (Å²) in [6.45, 7) is 12.6.